The first-order chi connectivity index (χ1) is 6.60. The molecule has 0 bridgehead atoms. The maximum atomic E-state index is 12.9. The summed E-state index contributed by atoms with van der Waals surface area (Å²) in [7, 11) is 1.17. The molecule has 72 valence electrons. The van der Waals surface area contributed by atoms with Crippen LogP contribution in [0.1, 0.15) is 15.9 Å². The highest BCUT2D eigenvalue weighted by Gasteiger charge is 2.14. The summed E-state index contributed by atoms with van der Waals surface area (Å²) < 4.78 is 17.3. The Bertz CT molecular complexity index is 426. The van der Waals surface area contributed by atoms with Gasteiger partial charge in [-0.2, -0.15) is 5.26 Å². The van der Waals surface area contributed by atoms with Crippen LogP contribution in [-0.4, -0.2) is 13.1 Å². The monoisotopic (exact) mass is 213 g/mol. The molecule has 0 heterocycles. The summed E-state index contributed by atoms with van der Waals surface area (Å²) in [4.78, 5) is 11.1. The van der Waals surface area contributed by atoms with Crippen LogP contribution < -0.4 is 0 Å². The molecular formula is C9H5ClFNO2. The average molecular weight is 214 g/mol. The predicted octanol–water partition coefficient (Wildman–Crippen LogP) is 2.14. The van der Waals surface area contributed by atoms with E-state index in [2.05, 4.69) is 4.74 Å². The molecule has 0 saturated heterocycles. The van der Waals surface area contributed by atoms with Crippen molar-refractivity contribution in [1.82, 2.24) is 0 Å². The van der Waals surface area contributed by atoms with Gasteiger partial charge in [0.1, 0.15) is 11.9 Å². The van der Waals surface area contributed by atoms with Crippen LogP contribution >= 0.6 is 11.6 Å². The third-order valence-electron chi connectivity index (χ3n) is 1.58. The maximum Gasteiger partial charge on any atom is 0.339 e. The summed E-state index contributed by atoms with van der Waals surface area (Å²) in [5, 5.41) is 8.43. The molecule has 0 aliphatic carbocycles. The van der Waals surface area contributed by atoms with Crippen molar-refractivity contribution in [2.75, 3.05) is 7.11 Å². The van der Waals surface area contributed by atoms with E-state index in [-0.39, 0.29) is 16.1 Å². The smallest absolute Gasteiger partial charge is 0.339 e. The van der Waals surface area contributed by atoms with Gasteiger partial charge in [-0.1, -0.05) is 11.6 Å². The number of nitriles is 1. The number of hydrogen-bond acceptors (Lipinski definition) is 3. The third kappa shape index (κ3) is 1.83. The minimum Gasteiger partial charge on any atom is -0.465 e. The van der Waals surface area contributed by atoms with Crippen LogP contribution in [0.4, 0.5) is 4.39 Å². The molecule has 0 fully saturated rings. The van der Waals surface area contributed by atoms with Gasteiger partial charge in [0.2, 0.25) is 0 Å². The van der Waals surface area contributed by atoms with Gasteiger partial charge in [-0.25, -0.2) is 9.18 Å². The quantitative estimate of drug-likeness (QED) is 0.672. The van der Waals surface area contributed by atoms with Crippen molar-refractivity contribution < 1.29 is 13.9 Å². The third-order valence-corrected chi connectivity index (χ3v) is 1.90. The zero-order valence-corrected chi connectivity index (χ0v) is 7.93. The van der Waals surface area contributed by atoms with Gasteiger partial charge in [0.05, 0.1) is 23.3 Å². The van der Waals surface area contributed by atoms with Gasteiger partial charge in [-0.3, -0.25) is 0 Å². The van der Waals surface area contributed by atoms with Gasteiger partial charge < -0.3 is 4.74 Å². The number of benzene rings is 1. The van der Waals surface area contributed by atoms with E-state index < -0.39 is 11.8 Å². The number of nitrogens with zero attached hydrogens (tertiary/aromatic N) is 1. The molecule has 0 aliphatic rings. The van der Waals surface area contributed by atoms with Crippen molar-refractivity contribution in [2.24, 2.45) is 0 Å². The van der Waals surface area contributed by atoms with Crippen LogP contribution in [-0.2, 0) is 4.74 Å². The Labute approximate surface area is 84.7 Å². The lowest BCUT2D eigenvalue weighted by Gasteiger charge is -2.02. The van der Waals surface area contributed by atoms with Gasteiger partial charge in [-0.15, -0.1) is 0 Å². The van der Waals surface area contributed by atoms with Gasteiger partial charge >= 0.3 is 5.97 Å². The zero-order valence-electron chi connectivity index (χ0n) is 7.17. The van der Waals surface area contributed by atoms with Crippen molar-refractivity contribution >= 4 is 17.6 Å². The summed E-state index contributed by atoms with van der Waals surface area (Å²) in [5.41, 5.74) is -0.262. The molecule has 14 heavy (non-hydrogen) atoms. The van der Waals surface area contributed by atoms with E-state index in [4.69, 9.17) is 16.9 Å². The predicted molar refractivity (Wildman–Crippen MR) is 47.5 cm³/mol. The molecule has 1 aromatic rings. The Kier molecular flexibility index (Phi) is 3.05. The topological polar surface area (TPSA) is 50.1 Å². The highest BCUT2D eigenvalue weighted by atomic mass is 35.5. The first kappa shape index (κ1) is 10.5. The Hall–Kier alpha value is -1.60. The summed E-state index contributed by atoms with van der Waals surface area (Å²) >= 11 is 5.58. The van der Waals surface area contributed by atoms with Gasteiger partial charge in [0.15, 0.2) is 0 Å². The summed E-state index contributed by atoms with van der Waals surface area (Å²) in [6.07, 6.45) is 0. The number of halogens is 2. The van der Waals surface area contributed by atoms with Gasteiger partial charge in [0.25, 0.3) is 0 Å². The van der Waals surface area contributed by atoms with Crippen LogP contribution in [0.5, 0.6) is 0 Å². The normalized spacial score (nSPS) is 9.29. The lowest BCUT2D eigenvalue weighted by atomic mass is 10.1. The lowest BCUT2D eigenvalue weighted by molar-refractivity contribution is 0.0601. The minimum atomic E-state index is -0.759. The molecule has 0 aliphatic heterocycles. The number of carbonyl (C=O) groups excluding carboxylic acids is 1. The van der Waals surface area contributed by atoms with Gasteiger partial charge in [0, 0.05) is 0 Å². The van der Waals surface area contributed by atoms with Gasteiger partial charge in [-0.05, 0) is 12.1 Å². The number of esters is 1. The maximum absolute atomic E-state index is 12.9. The number of methoxy groups -OCH3 is 1. The minimum absolute atomic E-state index is 0.0212. The van der Waals surface area contributed by atoms with E-state index in [0.717, 1.165) is 12.1 Å². The molecule has 0 atom stereocenters. The van der Waals surface area contributed by atoms with E-state index >= 15 is 0 Å². The fourth-order valence-electron chi connectivity index (χ4n) is 0.901. The molecule has 0 aromatic heterocycles. The molecule has 0 unspecified atom stereocenters. The first-order valence-corrected chi connectivity index (χ1v) is 3.95. The first-order valence-electron chi connectivity index (χ1n) is 3.57. The van der Waals surface area contributed by atoms with Crippen molar-refractivity contribution in [3.63, 3.8) is 0 Å². The molecule has 3 nitrogen and oxygen atoms in total. The molecule has 0 saturated carbocycles. The van der Waals surface area contributed by atoms with Crippen molar-refractivity contribution in [3.8, 4) is 6.07 Å². The fourth-order valence-corrected chi connectivity index (χ4v) is 1.13. The van der Waals surface area contributed by atoms with E-state index in [1.165, 1.54) is 7.11 Å². The molecule has 1 rings (SSSR count). The Morgan fingerprint density at radius 3 is 2.79 bits per heavy atom. The Morgan fingerprint density at radius 2 is 2.29 bits per heavy atom. The highest BCUT2D eigenvalue weighted by molar-refractivity contribution is 6.33. The van der Waals surface area contributed by atoms with E-state index in [1.54, 1.807) is 6.07 Å². The second kappa shape index (κ2) is 4.07. The standard InChI is InChI=1S/C9H5ClFNO2/c1-14-9(13)6-2-5(4-12)8(11)3-7(6)10/h2-3H,1H3. The summed E-state index contributed by atoms with van der Waals surface area (Å²) in [5.74, 6) is -1.46. The van der Waals surface area contributed by atoms with Crippen LogP contribution in [0.3, 0.4) is 0 Å². The largest absolute Gasteiger partial charge is 0.465 e. The number of hydrogen-bond donors (Lipinski definition) is 0. The van der Waals surface area contributed by atoms with Crippen LogP contribution in [0.2, 0.25) is 5.02 Å². The molecule has 0 N–H and O–H groups in total. The van der Waals surface area contributed by atoms with Crippen LogP contribution in [0.15, 0.2) is 12.1 Å². The van der Waals surface area contributed by atoms with Crippen LogP contribution in [0.25, 0.3) is 0 Å². The zero-order chi connectivity index (χ0) is 10.7. The van der Waals surface area contributed by atoms with Crippen molar-refractivity contribution in [3.05, 3.63) is 34.1 Å². The summed E-state index contributed by atoms with van der Waals surface area (Å²) in [6, 6.07) is 3.57. The number of carbonyl (C=O) groups is 1. The number of rotatable bonds is 1. The second-order valence-electron chi connectivity index (χ2n) is 2.42. The molecule has 0 spiro atoms. The van der Waals surface area contributed by atoms with E-state index in [9.17, 15) is 9.18 Å². The lowest BCUT2D eigenvalue weighted by Crippen LogP contribution is -2.03. The molecule has 0 amide bonds. The second-order valence-corrected chi connectivity index (χ2v) is 2.82. The van der Waals surface area contributed by atoms with Crippen molar-refractivity contribution in [1.29, 1.82) is 5.26 Å². The number of ether oxygens (including phenoxy) is 1. The highest BCUT2D eigenvalue weighted by Crippen LogP contribution is 2.20. The average Bonchev–Trinajstić information content (AvgIpc) is 2.17. The molecular weight excluding hydrogens is 209 g/mol. The van der Waals surface area contributed by atoms with Crippen molar-refractivity contribution in [2.45, 2.75) is 0 Å². The Morgan fingerprint density at radius 1 is 1.64 bits per heavy atom. The fraction of sp³-hybridized carbons (Fsp3) is 0.111. The molecule has 0 radical (unpaired) electrons. The SMILES string of the molecule is COC(=O)c1cc(C#N)c(F)cc1Cl. The summed E-state index contributed by atoms with van der Waals surface area (Å²) in [6.45, 7) is 0. The van der Waals surface area contributed by atoms with Crippen LogP contribution in [0, 0.1) is 17.1 Å². The Balaban J connectivity index is 3.33. The van der Waals surface area contributed by atoms with E-state index in [1.807, 2.05) is 0 Å². The molecule has 5 heteroatoms. The molecule has 1 aromatic carbocycles. The van der Waals surface area contributed by atoms with E-state index in [0.29, 0.717) is 0 Å².